The smallest absolute Gasteiger partial charge is 0.255 e. The van der Waals surface area contributed by atoms with Crippen LogP contribution in [0, 0.1) is 0 Å². The Morgan fingerprint density at radius 3 is 2.14 bits per heavy atom. The molecular weight excluding hydrogens is 432 g/mol. The van der Waals surface area contributed by atoms with Crippen LogP contribution < -0.4 is 10.6 Å². The van der Waals surface area contributed by atoms with Crippen LogP contribution in [0.4, 0.5) is 11.4 Å². The molecule has 0 aliphatic heterocycles. The molecule has 29 heavy (non-hydrogen) atoms. The normalized spacial score (nSPS) is 11.1. The Balaban J connectivity index is 1.53. The zero-order chi connectivity index (χ0) is 20.9. The van der Waals surface area contributed by atoms with Crippen LogP contribution in [0.2, 0.25) is 5.02 Å². The van der Waals surface area contributed by atoms with Crippen molar-refractivity contribution in [2.24, 2.45) is 0 Å². The molecule has 3 aromatic rings. The first kappa shape index (κ1) is 21.0. The Morgan fingerprint density at radius 2 is 1.52 bits per heavy atom. The minimum absolute atomic E-state index is 0.154. The van der Waals surface area contributed by atoms with Gasteiger partial charge in [-0.15, -0.1) is 11.3 Å². The summed E-state index contributed by atoms with van der Waals surface area (Å²) < 4.78 is 24.5. The molecular formula is C20H17ClN2O4S2. The second-order valence-electron chi connectivity index (χ2n) is 6.09. The van der Waals surface area contributed by atoms with Crippen molar-refractivity contribution in [2.45, 2.75) is 10.6 Å². The fourth-order valence-corrected chi connectivity index (χ4v) is 4.95. The molecule has 0 saturated heterocycles. The topological polar surface area (TPSA) is 92.3 Å². The molecule has 0 fully saturated rings. The molecule has 0 unspecified atom stereocenters. The van der Waals surface area contributed by atoms with E-state index in [1.54, 1.807) is 60.0 Å². The van der Waals surface area contributed by atoms with E-state index in [0.29, 0.717) is 22.0 Å². The molecule has 2 N–H and O–H groups in total. The number of amides is 2. The first-order valence-corrected chi connectivity index (χ1v) is 11.5. The number of benzene rings is 2. The van der Waals surface area contributed by atoms with E-state index in [1.165, 1.54) is 6.07 Å². The molecule has 0 saturated carbocycles. The average Bonchev–Trinajstić information content (AvgIpc) is 3.25. The van der Waals surface area contributed by atoms with Crippen molar-refractivity contribution in [3.63, 3.8) is 0 Å². The largest absolute Gasteiger partial charge is 0.326 e. The third kappa shape index (κ3) is 5.90. The lowest BCUT2D eigenvalue weighted by molar-refractivity contribution is -0.115. The molecule has 0 aliphatic rings. The van der Waals surface area contributed by atoms with Crippen LogP contribution >= 0.6 is 22.9 Å². The number of rotatable bonds is 7. The Hall–Kier alpha value is -2.68. The van der Waals surface area contributed by atoms with E-state index in [-0.39, 0.29) is 22.3 Å². The highest BCUT2D eigenvalue weighted by molar-refractivity contribution is 7.93. The van der Waals surface area contributed by atoms with E-state index in [0.717, 1.165) is 11.3 Å². The molecule has 1 heterocycles. The number of anilines is 2. The van der Waals surface area contributed by atoms with Crippen molar-refractivity contribution >= 4 is 56.0 Å². The Kier molecular flexibility index (Phi) is 6.68. The molecule has 2 aromatic carbocycles. The molecule has 0 aliphatic carbocycles. The van der Waals surface area contributed by atoms with Gasteiger partial charge in [-0.25, -0.2) is 8.42 Å². The van der Waals surface area contributed by atoms with Gasteiger partial charge in [-0.05, 0) is 60.0 Å². The maximum absolute atomic E-state index is 12.3. The van der Waals surface area contributed by atoms with Crippen molar-refractivity contribution in [2.75, 3.05) is 16.4 Å². The maximum Gasteiger partial charge on any atom is 0.255 e. The molecule has 2 amide bonds. The van der Waals surface area contributed by atoms with Crippen molar-refractivity contribution < 1.29 is 18.0 Å². The summed E-state index contributed by atoms with van der Waals surface area (Å²) in [5.41, 5.74) is 1.51. The Morgan fingerprint density at radius 1 is 0.897 bits per heavy atom. The van der Waals surface area contributed by atoms with Gasteiger partial charge in [0.05, 0.1) is 5.75 Å². The lowest BCUT2D eigenvalue weighted by Crippen LogP contribution is -2.17. The van der Waals surface area contributed by atoms with Crippen molar-refractivity contribution in [1.82, 2.24) is 0 Å². The van der Waals surface area contributed by atoms with Gasteiger partial charge in [-0.1, -0.05) is 17.7 Å². The van der Waals surface area contributed by atoms with E-state index in [9.17, 15) is 18.0 Å². The fourth-order valence-electron chi connectivity index (χ4n) is 2.43. The molecule has 0 atom stereocenters. The average molecular weight is 449 g/mol. The SMILES string of the molecule is O=C(CCS(=O)(=O)c1cccs1)Nc1ccc(C(=O)Nc2ccc(Cl)cc2)cc1. The van der Waals surface area contributed by atoms with Crippen LogP contribution in [-0.2, 0) is 14.6 Å². The number of hydrogen-bond donors (Lipinski definition) is 2. The second kappa shape index (κ2) is 9.21. The number of thiophene rings is 1. The van der Waals surface area contributed by atoms with Gasteiger partial charge in [0.25, 0.3) is 5.91 Å². The number of halogens is 1. The van der Waals surface area contributed by atoms with Gasteiger partial charge in [0.2, 0.25) is 5.91 Å². The van der Waals surface area contributed by atoms with E-state index in [2.05, 4.69) is 10.6 Å². The predicted molar refractivity (Wildman–Crippen MR) is 115 cm³/mol. The summed E-state index contributed by atoms with van der Waals surface area (Å²) in [6.07, 6.45) is -0.154. The highest BCUT2D eigenvalue weighted by Crippen LogP contribution is 2.19. The molecule has 9 heteroatoms. The van der Waals surface area contributed by atoms with Gasteiger partial charge in [-0.3, -0.25) is 9.59 Å². The first-order valence-electron chi connectivity index (χ1n) is 8.56. The quantitative estimate of drug-likeness (QED) is 0.558. The number of hydrogen-bond acceptors (Lipinski definition) is 5. The standard InChI is InChI=1S/C20H17ClN2O4S2/c21-15-5-9-17(10-6-15)23-20(25)14-3-7-16(8-4-14)22-18(24)11-13-29(26,27)19-2-1-12-28-19/h1-10,12H,11,13H2,(H,22,24)(H,23,25). The molecule has 6 nitrogen and oxygen atoms in total. The highest BCUT2D eigenvalue weighted by atomic mass is 35.5. The van der Waals surface area contributed by atoms with Crippen molar-refractivity contribution in [3.05, 3.63) is 76.6 Å². The van der Waals surface area contributed by atoms with Gasteiger partial charge in [-0.2, -0.15) is 0 Å². The number of carbonyl (C=O) groups is 2. The van der Waals surface area contributed by atoms with Crippen LogP contribution in [0.5, 0.6) is 0 Å². The number of nitrogens with one attached hydrogen (secondary N) is 2. The highest BCUT2D eigenvalue weighted by Gasteiger charge is 2.17. The van der Waals surface area contributed by atoms with Gasteiger partial charge in [0.1, 0.15) is 4.21 Å². The minimum Gasteiger partial charge on any atom is -0.326 e. The van der Waals surface area contributed by atoms with Crippen LogP contribution in [0.25, 0.3) is 0 Å². The van der Waals surface area contributed by atoms with Crippen LogP contribution in [0.15, 0.2) is 70.3 Å². The zero-order valence-corrected chi connectivity index (χ0v) is 17.5. The Labute approximate surface area is 177 Å². The third-order valence-corrected chi connectivity index (χ3v) is 7.39. The van der Waals surface area contributed by atoms with E-state index in [4.69, 9.17) is 11.6 Å². The third-order valence-electron chi connectivity index (χ3n) is 3.93. The van der Waals surface area contributed by atoms with Gasteiger partial charge >= 0.3 is 0 Å². The Bertz CT molecular complexity index is 1090. The summed E-state index contributed by atoms with van der Waals surface area (Å²) in [6.45, 7) is 0. The van der Waals surface area contributed by atoms with Crippen LogP contribution in [0.3, 0.4) is 0 Å². The molecule has 0 bridgehead atoms. The van der Waals surface area contributed by atoms with Crippen molar-refractivity contribution in [3.8, 4) is 0 Å². The maximum atomic E-state index is 12.3. The molecule has 150 valence electrons. The van der Waals surface area contributed by atoms with Gasteiger partial charge in [0, 0.05) is 28.4 Å². The molecule has 0 spiro atoms. The predicted octanol–water partition coefficient (Wildman–Crippen LogP) is 4.46. The second-order valence-corrected chi connectivity index (χ2v) is 9.81. The summed E-state index contributed by atoms with van der Waals surface area (Å²) in [4.78, 5) is 24.3. The first-order chi connectivity index (χ1) is 13.8. The van der Waals surface area contributed by atoms with Crippen LogP contribution in [0.1, 0.15) is 16.8 Å². The summed E-state index contributed by atoms with van der Waals surface area (Å²) in [7, 11) is -3.46. The zero-order valence-electron chi connectivity index (χ0n) is 15.1. The number of carbonyl (C=O) groups excluding carboxylic acids is 2. The summed E-state index contributed by atoms with van der Waals surface area (Å²) in [6, 6.07) is 16.2. The minimum atomic E-state index is -3.46. The van der Waals surface area contributed by atoms with E-state index >= 15 is 0 Å². The summed E-state index contributed by atoms with van der Waals surface area (Å²) in [5.74, 6) is -0.975. The molecule has 3 rings (SSSR count). The van der Waals surface area contributed by atoms with Crippen molar-refractivity contribution in [1.29, 1.82) is 0 Å². The van der Waals surface area contributed by atoms with Crippen LogP contribution in [-0.4, -0.2) is 26.0 Å². The van der Waals surface area contributed by atoms with Gasteiger partial charge in [0.15, 0.2) is 9.84 Å². The molecule has 0 radical (unpaired) electrons. The van der Waals surface area contributed by atoms with Gasteiger partial charge < -0.3 is 10.6 Å². The molecule has 1 aromatic heterocycles. The summed E-state index contributed by atoms with van der Waals surface area (Å²) in [5, 5.41) is 7.63. The lowest BCUT2D eigenvalue weighted by atomic mass is 10.2. The van der Waals surface area contributed by atoms with E-state index < -0.39 is 15.7 Å². The fraction of sp³-hybridized carbons (Fsp3) is 0.100. The number of sulfone groups is 1. The monoisotopic (exact) mass is 448 g/mol. The lowest BCUT2D eigenvalue weighted by Gasteiger charge is -2.08. The van der Waals surface area contributed by atoms with E-state index in [1.807, 2.05) is 0 Å². The summed E-state index contributed by atoms with van der Waals surface area (Å²) >= 11 is 6.94.